The zero-order valence-electron chi connectivity index (χ0n) is 13.1. The van der Waals surface area contributed by atoms with Crippen molar-refractivity contribution in [2.75, 3.05) is 20.2 Å². The third-order valence-electron chi connectivity index (χ3n) is 3.19. The Hall–Kier alpha value is -2.50. The molecule has 0 atom stereocenters. The quantitative estimate of drug-likeness (QED) is 0.538. The lowest BCUT2D eigenvalue weighted by molar-refractivity contribution is 0.409. The first-order valence-electron chi connectivity index (χ1n) is 7.45. The molecule has 0 unspecified atom stereocenters. The van der Waals surface area contributed by atoms with Gasteiger partial charge in [0.25, 0.3) is 0 Å². The number of nitrogens with one attached hydrogen (secondary N) is 3. The molecule has 2 aromatic rings. The van der Waals surface area contributed by atoms with Crippen LogP contribution in [0.25, 0.3) is 0 Å². The monoisotopic (exact) mass is 301 g/mol. The molecule has 0 aliphatic heterocycles. The normalized spacial score (nSPS) is 11.3. The zero-order valence-corrected chi connectivity index (χ0v) is 13.1. The average Bonchev–Trinajstić information content (AvgIpc) is 3.06. The minimum Gasteiger partial charge on any atom is -0.496 e. The molecule has 118 valence electrons. The fraction of sp³-hybridized carbons (Fsp3) is 0.375. The van der Waals surface area contributed by atoms with Crippen LogP contribution >= 0.6 is 0 Å². The number of ether oxygens (including phenoxy) is 1. The van der Waals surface area contributed by atoms with Gasteiger partial charge in [-0.2, -0.15) is 5.10 Å². The Labute approximate surface area is 131 Å². The van der Waals surface area contributed by atoms with Gasteiger partial charge < -0.3 is 15.4 Å². The van der Waals surface area contributed by atoms with E-state index in [1.807, 2.05) is 31.2 Å². The number of aromatic amines is 1. The number of methoxy groups -OCH3 is 1. The molecule has 0 aliphatic rings. The number of nitrogens with zero attached hydrogens (tertiary/aromatic N) is 2. The molecule has 6 nitrogen and oxygen atoms in total. The van der Waals surface area contributed by atoms with E-state index in [9.17, 15) is 0 Å². The molecular formula is C16H23N5O. The van der Waals surface area contributed by atoms with Crippen LogP contribution in [0.4, 0.5) is 0 Å². The Bertz CT molecular complexity index is 580. The van der Waals surface area contributed by atoms with E-state index in [1.165, 1.54) is 5.56 Å². The van der Waals surface area contributed by atoms with E-state index in [0.29, 0.717) is 6.54 Å². The lowest BCUT2D eigenvalue weighted by atomic mass is 10.1. The van der Waals surface area contributed by atoms with E-state index in [4.69, 9.17) is 4.74 Å². The average molecular weight is 301 g/mol. The van der Waals surface area contributed by atoms with E-state index in [2.05, 4.69) is 31.9 Å². The van der Waals surface area contributed by atoms with Crippen molar-refractivity contribution in [2.24, 2.45) is 4.99 Å². The topological polar surface area (TPSA) is 74.3 Å². The van der Waals surface area contributed by atoms with Gasteiger partial charge in [0, 0.05) is 19.3 Å². The molecule has 1 aromatic heterocycles. The van der Waals surface area contributed by atoms with Crippen LogP contribution in [-0.2, 0) is 13.0 Å². The van der Waals surface area contributed by atoms with Crippen molar-refractivity contribution < 1.29 is 4.74 Å². The minimum atomic E-state index is 0.573. The summed E-state index contributed by atoms with van der Waals surface area (Å²) >= 11 is 0. The maximum Gasteiger partial charge on any atom is 0.191 e. The Kier molecular flexibility index (Phi) is 6.29. The summed E-state index contributed by atoms with van der Waals surface area (Å²) < 4.78 is 5.36. The van der Waals surface area contributed by atoms with Crippen LogP contribution in [0.5, 0.6) is 5.75 Å². The first kappa shape index (κ1) is 15.9. The molecule has 0 fully saturated rings. The summed E-state index contributed by atoms with van der Waals surface area (Å²) in [4.78, 5) is 4.52. The summed E-state index contributed by atoms with van der Waals surface area (Å²) in [5, 5.41) is 13.4. The number of hydrogen-bond acceptors (Lipinski definition) is 3. The molecule has 3 N–H and O–H groups in total. The minimum absolute atomic E-state index is 0.573. The second-order valence-electron chi connectivity index (χ2n) is 4.77. The molecule has 22 heavy (non-hydrogen) atoms. The van der Waals surface area contributed by atoms with Crippen LogP contribution < -0.4 is 15.4 Å². The maximum atomic E-state index is 5.36. The van der Waals surface area contributed by atoms with Gasteiger partial charge in [0.15, 0.2) is 5.96 Å². The van der Waals surface area contributed by atoms with Crippen LogP contribution in [0.1, 0.15) is 18.2 Å². The van der Waals surface area contributed by atoms with Crippen molar-refractivity contribution in [1.82, 2.24) is 20.8 Å². The first-order valence-corrected chi connectivity index (χ1v) is 7.45. The molecule has 0 amide bonds. The second kappa shape index (κ2) is 8.71. The predicted molar refractivity (Wildman–Crippen MR) is 88.1 cm³/mol. The molecule has 0 saturated heterocycles. The fourth-order valence-electron chi connectivity index (χ4n) is 2.10. The number of guanidine groups is 1. The Morgan fingerprint density at radius 2 is 2.14 bits per heavy atom. The SMILES string of the molecule is CCNC(=NCc1ccn[nH]1)NCCc1ccccc1OC. The lowest BCUT2D eigenvalue weighted by Gasteiger charge is -2.12. The Morgan fingerprint density at radius 3 is 2.86 bits per heavy atom. The van der Waals surface area contributed by atoms with Gasteiger partial charge in [-0.25, -0.2) is 4.99 Å². The molecular weight excluding hydrogens is 278 g/mol. The third kappa shape index (κ3) is 4.80. The molecule has 2 rings (SSSR count). The highest BCUT2D eigenvalue weighted by molar-refractivity contribution is 5.79. The number of benzene rings is 1. The van der Waals surface area contributed by atoms with Crippen molar-refractivity contribution in [1.29, 1.82) is 0 Å². The summed E-state index contributed by atoms with van der Waals surface area (Å²) in [7, 11) is 1.70. The van der Waals surface area contributed by atoms with Gasteiger partial charge in [0.2, 0.25) is 0 Å². The van der Waals surface area contributed by atoms with Crippen LogP contribution in [0.15, 0.2) is 41.5 Å². The van der Waals surface area contributed by atoms with E-state index in [-0.39, 0.29) is 0 Å². The van der Waals surface area contributed by atoms with E-state index in [1.54, 1.807) is 13.3 Å². The summed E-state index contributed by atoms with van der Waals surface area (Å²) in [6, 6.07) is 9.98. The van der Waals surface area contributed by atoms with Crippen LogP contribution in [0.2, 0.25) is 0 Å². The van der Waals surface area contributed by atoms with E-state index in [0.717, 1.165) is 36.9 Å². The molecule has 0 bridgehead atoms. The van der Waals surface area contributed by atoms with Gasteiger partial charge in [-0.1, -0.05) is 18.2 Å². The number of aliphatic imine (C=N–C) groups is 1. The number of para-hydroxylation sites is 1. The number of H-pyrrole nitrogens is 1. The molecule has 1 aromatic carbocycles. The molecule has 6 heteroatoms. The van der Waals surface area contributed by atoms with Crippen molar-refractivity contribution in [3.8, 4) is 5.75 Å². The molecule has 1 heterocycles. The highest BCUT2D eigenvalue weighted by Crippen LogP contribution is 2.17. The second-order valence-corrected chi connectivity index (χ2v) is 4.77. The number of hydrogen-bond donors (Lipinski definition) is 3. The molecule has 0 saturated carbocycles. The summed E-state index contributed by atoms with van der Waals surface area (Å²) in [6.07, 6.45) is 2.60. The van der Waals surface area contributed by atoms with Crippen molar-refractivity contribution in [3.05, 3.63) is 47.8 Å². The van der Waals surface area contributed by atoms with Crippen molar-refractivity contribution >= 4 is 5.96 Å². The van der Waals surface area contributed by atoms with Crippen LogP contribution in [0.3, 0.4) is 0 Å². The fourth-order valence-corrected chi connectivity index (χ4v) is 2.10. The van der Waals surface area contributed by atoms with Gasteiger partial charge in [-0.05, 0) is 31.0 Å². The highest BCUT2D eigenvalue weighted by Gasteiger charge is 2.02. The summed E-state index contributed by atoms with van der Waals surface area (Å²) in [5.41, 5.74) is 2.17. The van der Waals surface area contributed by atoms with Crippen molar-refractivity contribution in [3.63, 3.8) is 0 Å². The van der Waals surface area contributed by atoms with Gasteiger partial charge in [0.05, 0.1) is 19.3 Å². The molecule has 0 spiro atoms. The highest BCUT2D eigenvalue weighted by atomic mass is 16.5. The first-order chi connectivity index (χ1) is 10.8. The number of aromatic nitrogens is 2. The van der Waals surface area contributed by atoms with Crippen LogP contribution in [0, 0.1) is 0 Å². The lowest BCUT2D eigenvalue weighted by Crippen LogP contribution is -2.38. The van der Waals surface area contributed by atoms with E-state index < -0.39 is 0 Å². The van der Waals surface area contributed by atoms with Gasteiger partial charge in [-0.3, -0.25) is 5.10 Å². The summed E-state index contributed by atoms with van der Waals surface area (Å²) in [6.45, 7) is 4.23. The van der Waals surface area contributed by atoms with Crippen LogP contribution in [-0.4, -0.2) is 36.4 Å². The van der Waals surface area contributed by atoms with Gasteiger partial charge in [-0.15, -0.1) is 0 Å². The van der Waals surface area contributed by atoms with Gasteiger partial charge in [0.1, 0.15) is 5.75 Å². The smallest absolute Gasteiger partial charge is 0.191 e. The van der Waals surface area contributed by atoms with Gasteiger partial charge >= 0.3 is 0 Å². The largest absolute Gasteiger partial charge is 0.496 e. The van der Waals surface area contributed by atoms with E-state index >= 15 is 0 Å². The predicted octanol–water partition coefficient (Wildman–Crippen LogP) is 1.72. The Morgan fingerprint density at radius 1 is 1.27 bits per heavy atom. The molecule has 0 radical (unpaired) electrons. The number of rotatable bonds is 7. The summed E-state index contributed by atoms with van der Waals surface area (Å²) in [5.74, 6) is 1.72. The van der Waals surface area contributed by atoms with Crippen molar-refractivity contribution in [2.45, 2.75) is 19.9 Å². The molecule has 0 aliphatic carbocycles. The maximum absolute atomic E-state index is 5.36. The Balaban J connectivity index is 1.87. The third-order valence-corrected chi connectivity index (χ3v) is 3.19. The standard InChI is InChI=1S/C16H23N5O/c1-3-17-16(19-12-14-9-11-20-21-14)18-10-8-13-6-4-5-7-15(13)22-2/h4-7,9,11H,3,8,10,12H2,1-2H3,(H,20,21)(H2,17,18,19). The zero-order chi connectivity index (χ0) is 15.6.